The highest BCUT2D eigenvalue weighted by molar-refractivity contribution is 8.10. The Hall–Kier alpha value is -0.280. The van der Waals surface area contributed by atoms with Crippen molar-refractivity contribution in [1.29, 1.82) is 0 Å². The molecule has 0 rings (SSSR count). The van der Waals surface area contributed by atoms with E-state index in [1.54, 1.807) is 0 Å². The van der Waals surface area contributed by atoms with Gasteiger partial charge < -0.3 is 13.3 Å². The maximum atomic E-state index is 12.2. The molecular weight excluding hydrogens is 235 g/mol. The predicted molar refractivity (Wildman–Crippen MR) is 36.1 cm³/mol. The minimum Gasteiger partial charge on any atom is -0.798 e. The zero-order valence-corrected chi connectivity index (χ0v) is 7.75. The Balaban J connectivity index is 4.96. The van der Waals surface area contributed by atoms with Crippen LogP contribution in [0.1, 0.15) is 6.92 Å². The molecule has 0 spiro atoms. The zero-order chi connectivity index (χ0) is 11.9. The summed E-state index contributed by atoms with van der Waals surface area (Å²) in [7, 11) is -6.36. The van der Waals surface area contributed by atoms with Gasteiger partial charge in [-0.15, -0.1) is 0 Å². The second-order valence-corrected chi connectivity index (χ2v) is 5.85. The summed E-state index contributed by atoms with van der Waals surface area (Å²) < 4.78 is 90.5. The lowest BCUT2D eigenvalue weighted by Gasteiger charge is -2.56. The molecule has 0 aliphatic rings. The van der Waals surface area contributed by atoms with E-state index in [4.69, 9.17) is 0 Å². The highest BCUT2D eigenvalue weighted by Crippen LogP contribution is 2.39. The van der Waals surface area contributed by atoms with Crippen molar-refractivity contribution in [2.24, 2.45) is 0 Å². The molecule has 0 bridgehead atoms. The molecule has 0 radical (unpaired) electrons. The van der Waals surface area contributed by atoms with Crippen LogP contribution in [0.3, 0.4) is 0 Å². The first-order chi connectivity index (χ1) is 5.78. The van der Waals surface area contributed by atoms with E-state index in [0.29, 0.717) is 6.92 Å². The van der Waals surface area contributed by atoms with Crippen LogP contribution >= 0.6 is 0 Å². The van der Waals surface area contributed by atoms with Crippen LogP contribution in [0.4, 0.5) is 22.0 Å². The van der Waals surface area contributed by atoms with Crippen LogP contribution < -0.4 is 0 Å². The molecule has 0 atom stereocenters. The van der Waals surface area contributed by atoms with Gasteiger partial charge in [0.25, 0.3) is 0 Å². The van der Waals surface area contributed by atoms with Crippen LogP contribution in [-0.4, -0.2) is 36.9 Å². The average molecular weight is 242 g/mol. The fraction of sp³-hybridized carbons (Fsp3) is 1.00. The van der Waals surface area contributed by atoms with Crippen molar-refractivity contribution >= 4 is 9.63 Å². The van der Waals surface area contributed by atoms with Crippen LogP contribution in [0.5, 0.6) is 0 Å². The van der Waals surface area contributed by atoms with Gasteiger partial charge in [0.15, 0.2) is 0 Å². The normalized spacial score (nSPS) is 17.6. The van der Waals surface area contributed by atoms with E-state index in [1.165, 1.54) is 0 Å². The number of alkyl halides is 5. The molecule has 0 saturated heterocycles. The summed E-state index contributed by atoms with van der Waals surface area (Å²) in [5.41, 5.74) is 0. The molecule has 3 nitrogen and oxygen atoms in total. The van der Waals surface area contributed by atoms with Gasteiger partial charge in [-0.3, -0.25) is 0 Å². The van der Waals surface area contributed by atoms with E-state index in [2.05, 4.69) is 0 Å². The third-order valence-corrected chi connectivity index (χ3v) is 3.47. The quantitative estimate of drug-likeness (QED) is 0.700. The Labute approximate surface area is 76.3 Å². The van der Waals surface area contributed by atoms with Gasteiger partial charge in [-0.1, -0.05) is 6.92 Å². The van der Waals surface area contributed by atoms with Crippen LogP contribution in [0.15, 0.2) is 0 Å². The summed E-state index contributed by atoms with van der Waals surface area (Å²) >= 11 is 0. The van der Waals surface area contributed by atoms with Crippen LogP contribution in [0.25, 0.3) is 0 Å². The topological polar surface area (TPSA) is 63.2 Å². The molecule has 0 fully saturated rings. The summed E-state index contributed by atoms with van der Waals surface area (Å²) in [5, 5.41) is 0. The highest BCUT2D eigenvalue weighted by Gasteiger charge is 2.58. The fourth-order valence-corrected chi connectivity index (χ4v) is 1.60. The van der Waals surface area contributed by atoms with E-state index < -0.39 is 33.2 Å². The molecular formula is C5H7F5O3S-2. The van der Waals surface area contributed by atoms with Crippen molar-refractivity contribution in [3.63, 3.8) is 0 Å². The molecule has 0 aliphatic carbocycles. The van der Waals surface area contributed by atoms with E-state index in [-0.39, 0.29) is 0 Å². The number of rotatable bonds is 3. The Morgan fingerprint density at radius 2 is 1.50 bits per heavy atom. The summed E-state index contributed by atoms with van der Waals surface area (Å²) in [6.45, 7) is 0.710. The number of hydrogen-bond donors (Lipinski definition) is 0. The predicted octanol–water partition coefficient (Wildman–Crippen LogP) is 1.28. The van der Waals surface area contributed by atoms with Gasteiger partial charge >= 0.3 is 12.1 Å². The van der Waals surface area contributed by atoms with E-state index in [1.807, 2.05) is 0 Å². The first kappa shape index (κ1) is 13.7. The average Bonchev–Trinajstić information content (AvgIpc) is 1.81. The van der Waals surface area contributed by atoms with E-state index >= 15 is 0 Å². The monoisotopic (exact) mass is 242 g/mol. The molecule has 0 unspecified atom stereocenters. The molecule has 9 heteroatoms. The number of hydrogen-bond acceptors (Lipinski definition) is 3. The Kier molecular flexibility index (Phi) is 3.04. The standard InChI is InChI=1S/C5H9F5O3S/c1-2-14(11,12,13)3-4(6,7)5(8,9)10/h2-3H2,1H3,(H2,11,12,13)/p-2. The van der Waals surface area contributed by atoms with Crippen molar-refractivity contribution in [2.45, 2.75) is 19.0 Å². The number of sulfone groups is 3. The number of halogens is 5. The Bertz CT molecular complexity index is 278. The third kappa shape index (κ3) is 3.46. The Morgan fingerprint density at radius 1 is 1.14 bits per heavy atom. The largest absolute Gasteiger partial charge is 0.798 e. The van der Waals surface area contributed by atoms with Crippen molar-refractivity contribution in [1.82, 2.24) is 0 Å². The summed E-state index contributed by atoms with van der Waals surface area (Å²) in [6, 6.07) is 0. The van der Waals surface area contributed by atoms with Crippen LogP contribution in [0.2, 0.25) is 0 Å². The molecule has 0 aromatic heterocycles. The van der Waals surface area contributed by atoms with Crippen molar-refractivity contribution in [3.8, 4) is 0 Å². The molecule has 0 heterocycles. The molecule has 0 amide bonds. The fourth-order valence-electron chi connectivity index (χ4n) is 0.534. The molecule has 0 aromatic carbocycles. The smallest absolute Gasteiger partial charge is 0.454 e. The maximum absolute atomic E-state index is 12.2. The lowest BCUT2D eigenvalue weighted by Crippen LogP contribution is -2.52. The molecule has 0 saturated carbocycles. The van der Waals surface area contributed by atoms with Gasteiger partial charge in [0.05, 0.1) is 5.75 Å². The summed E-state index contributed by atoms with van der Waals surface area (Å²) in [5.74, 6) is -9.55. The first-order valence-corrected chi connectivity index (χ1v) is 5.49. The summed E-state index contributed by atoms with van der Waals surface area (Å²) in [6.07, 6.45) is -6.03. The van der Waals surface area contributed by atoms with E-state index in [9.17, 15) is 35.3 Å². The third-order valence-electron chi connectivity index (χ3n) is 1.43. The molecule has 14 heavy (non-hydrogen) atoms. The van der Waals surface area contributed by atoms with Crippen LogP contribution in [0, 0.1) is 0 Å². The molecule has 0 aromatic rings. The SMILES string of the molecule is CCS(=O)([O-])([O-])CC(F)(F)C(F)(F)F. The van der Waals surface area contributed by atoms with Crippen molar-refractivity contribution < 1.29 is 35.3 Å². The lowest BCUT2D eigenvalue weighted by atomic mass is 10.4. The maximum Gasteiger partial charge on any atom is 0.454 e. The van der Waals surface area contributed by atoms with Crippen LogP contribution in [-0.2, 0) is 9.63 Å². The lowest BCUT2D eigenvalue weighted by molar-refractivity contribution is -0.272. The van der Waals surface area contributed by atoms with Gasteiger partial charge in [0.2, 0.25) is 0 Å². The summed E-state index contributed by atoms with van der Waals surface area (Å²) in [4.78, 5) is 0. The van der Waals surface area contributed by atoms with Gasteiger partial charge in [0, 0.05) is 0 Å². The van der Waals surface area contributed by atoms with Gasteiger partial charge in [-0.25, -0.2) is 9.63 Å². The Morgan fingerprint density at radius 3 is 1.71 bits per heavy atom. The minimum absolute atomic E-state index is 0.710. The first-order valence-electron chi connectivity index (χ1n) is 3.33. The van der Waals surface area contributed by atoms with Gasteiger partial charge in [-0.05, 0) is 5.75 Å². The molecule has 0 aliphatic heterocycles. The highest BCUT2D eigenvalue weighted by atomic mass is 32.3. The zero-order valence-electron chi connectivity index (χ0n) is 6.94. The van der Waals surface area contributed by atoms with E-state index in [0.717, 1.165) is 0 Å². The minimum atomic E-state index is -6.36. The second kappa shape index (κ2) is 3.11. The van der Waals surface area contributed by atoms with Crippen molar-refractivity contribution in [3.05, 3.63) is 0 Å². The second-order valence-electron chi connectivity index (χ2n) is 2.75. The van der Waals surface area contributed by atoms with Gasteiger partial charge in [0.1, 0.15) is 0 Å². The molecule has 88 valence electrons. The molecule has 0 N–H and O–H groups in total. The van der Waals surface area contributed by atoms with Crippen molar-refractivity contribution in [2.75, 3.05) is 11.5 Å². The van der Waals surface area contributed by atoms with Gasteiger partial charge in [-0.2, -0.15) is 22.0 Å².